The van der Waals surface area contributed by atoms with Crippen molar-refractivity contribution in [1.29, 1.82) is 0 Å². The summed E-state index contributed by atoms with van der Waals surface area (Å²) in [5.41, 5.74) is 1.94. The number of halogens is 1. The number of benzene rings is 2. The summed E-state index contributed by atoms with van der Waals surface area (Å²) < 4.78 is 11.8. The van der Waals surface area contributed by atoms with Crippen LogP contribution in [0.1, 0.15) is 24.2 Å². The number of nitrogens with one attached hydrogen (secondary N) is 1. The Kier molecular flexibility index (Phi) is 6.62. The van der Waals surface area contributed by atoms with Gasteiger partial charge in [-0.15, -0.1) is 0 Å². The number of ether oxygens (including phenoxy) is 2. The van der Waals surface area contributed by atoms with Crippen LogP contribution < -0.4 is 5.32 Å². The van der Waals surface area contributed by atoms with Gasteiger partial charge >= 0.3 is 6.09 Å². The minimum Gasteiger partial charge on any atom is -0.445 e. The molecule has 5 heteroatoms. The van der Waals surface area contributed by atoms with E-state index < -0.39 is 6.09 Å². The fraction of sp³-hybridized carbons (Fsp3) is 0.278. The largest absolute Gasteiger partial charge is 0.445 e. The zero-order chi connectivity index (χ0) is 16.7. The monoisotopic (exact) mass is 377 g/mol. The van der Waals surface area contributed by atoms with Crippen LogP contribution >= 0.6 is 15.9 Å². The molecule has 0 radical (unpaired) electrons. The Labute approximate surface area is 144 Å². The molecule has 1 amide bonds. The fourth-order valence-corrected chi connectivity index (χ4v) is 2.57. The summed E-state index contributed by atoms with van der Waals surface area (Å²) in [5, 5.41) is 2.82. The van der Waals surface area contributed by atoms with Gasteiger partial charge in [0.1, 0.15) is 12.7 Å². The molecular formula is C18H20BrNO3. The molecule has 2 rings (SSSR count). The molecule has 2 unspecified atom stereocenters. The minimum atomic E-state index is -0.458. The third-order valence-electron chi connectivity index (χ3n) is 3.46. The maximum Gasteiger partial charge on any atom is 0.407 e. The molecule has 2 aromatic rings. The summed E-state index contributed by atoms with van der Waals surface area (Å²) in [4.78, 5) is 11.9. The van der Waals surface area contributed by atoms with Crippen molar-refractivity contribution in [2.24, 2.45) is 0 Å². The lowest BCUT2D eigenvalue weighted by Crippen LogP contribution is -2.38. The van der Waals surface area contributed by atoms with Gasteiger partial charge in [-0.2, -0.15) is 0 Å². The van der Waals surface area contributed by atoms with Crippen molar-refractivity contribution in [3.05, 3.63) is 70.2 Å². The predicted octanol–water partition coefficient (Wildman–Crippen LogP) is 4.45. The number of amides is 1. The van der Waals surface area contributed by atoms with E-state index in [-0.39, 0.29) is 18.8 Å². The summed E-state index contributed by atoms with van der Waals surface area (Å²) in [6, 6.07) is 17.2. The van der Waals surface area contributed by atoms with Gasteiger partial charge in [-0.3, -0.25) is 0 Å². The third kappa shape index (κ3) is 5.37. The van der Waals surface area contributed by atoms with Crippen molar-refractivity contribution in [3.63, 3.8) is 0 Å². The number of alkyl carbamates (subject to hydrolysis) is 1. The van der Waals surface area contributed by atoms with E-state index in [0.29, 0.717) is 0 Å². The molecule has 0 saturated heterocycles. The molecule has 2 aromatic carbocycles. The van der Waals surface area contributed by atoms with Gasteiger partial charge in [-0.1, -0.05) is 58.4 Å². The highest BCUT2D eigenvalue weighted by atomic mass is 79.9. The zero-order valence-electron chi connectivity index (χ0n) is 13.2. The van der Waals surface area contributed by atoms with Crippen LogP contribution in [0.3, 0.4) is 0 Å². The first-order chi connectivity index (χ1) is 11.1. The Hall–Kier alpha value is -1.85. The lowest BCUT2D eigenvalue weighted by atomic mass is 10.0. The van der Waals surface area contributed by atoms with Crippen LogP contribution in [0, 0.1) is 0 Å². The third-order valence-corrected chi connectivity index (χ3v) is 3.99. The van der Waals surface area contributed by atoms with Crippen LogP contribution in [-0.4, -0.2) is 19.2 Å². The van der Waals surface area contributed by atoms with Gasteiger partial charge in [0.05, 0.1) is 6.04 Å². The number of hydrogen-bond acceptors (Lipinski definition) is 3. The van der Waals surface area contributed by atoms with E-state index in [0.717, 1.165) is 15.6 Å². The first-order valence-electron chi connectivity index (χ1n) is 7.35. The van der Waals surface area contributed by atoms with E-state index >= 15 is 0 Å². The summed E-state index contributed by atoms with van der Waals surface area (Å²) in [5.74, 6) is 0. The predicted molar refractivity (Wildman–Crippen MR) is 93.1 cm³/mol. The van der Waals surface area contributed by atoms with Crippen LogP contribution in [-0.2, 0) is 16.1 Å². The number of methoxy groups -OCH3 is 1. The Morgan fingerprint density at radius 3 is 2.39 bits per heavy atom. The second kappa shape index (κ2) is 8.70. The van der Waals surface area contributed by atoms with E-state index in [1.165, 1.54) is 0 Å². The van der Waals surface area contributed by atoms with Gasteiger partial charge in [-0.25, -0.2) is 4.79 Å². The second-order valence-electron chi connectivity index (χ2n) is 5.20. The first kappa shape index (κ1) is 17.5. The summed E-state index contributed by atoms with van der Waals surface area (Å²) >= 11 is 3.41. The molecule has 0 fully saturated rings. The standard InChI is InChI=1S/C18H20BrNO3/c1-13(17(22-2)15-8-10-16(19)11-9-15)20-18(21)23-12-14-6-4-3-5-7-14/h3-11,13,17H,12H2,1-2H3,(H,20,21). The topological polar surface area (TPSA) is 47.6 Å². The van der Waals surface area contributed by atoms with Crippen molar-refractivity contribution in [2.75, 3.05) is 7.11 Å². The maximum absolute atomic E-state index is 11.9. The Bertz CT molecular complexity index is 616. The fourth-order valence-electron chi connectivity index (χ4n) is 2.31. The molecule has 0 bridgehead atoms. The molecule has 2 atom stereocenters. The van der Waals surface area contributed by atoms with Crippen molar-refractivity contribution in [2.45, 2.75) is 25.7 Å². The summed E-state index contributed by atoms with van der Waals surface area (Å²) in [7, 11) is 1.63. The molecule has 0 saturated carbocycles. The molecule has 0 heterocycles. The Balaban J connectivity index is 1.89. The van der Waals surface area contributed by atoms with Crippen molar-refractivity contribution < 1.29 is 14.3 Å². The van der Waals surface area contributed by atoms with Crippen LogP contribution in [0.15, 0.2) is 59.1 Å². The minimum absolute atomic E-state index is 0.218. The average Bonchev–Trinajstić information content (AvgIpc) is 2.56. The molecule has 23 heavy (non-hydrogen) atoms. The molecule has 4 nitrogen and oxygen atoms in total. The second-order valence-corrected chi connectivity index (χ2v) is 6.12. The highest BCUT2D eigenvalue weighted by molar-refractivity contribution is 9.10. The van der Waals surface area contributed by atoms with Crippen molar-refractivity contribution in [1.82, 2.24) is 5.32 Å². The molecule has 0 aromatic heterocycles. The van der Waals surface area contributed by atoms with Gasteiger partial charge in [0.15, 0.2) is 0 Å². The number of carbonyl (C=O) groups excluding carboxylic acids is 1. The lowest BCUT2D eigenvalue weighted by molar-refractivity contribution is 0.0668. The molecule has 0 aliphatic carbocycles. The van der Waals surface area contributed by atoms with Gasteiger partial charge < -0.3 is 14.8 Å². The SMILES string of the molecule is COC(c1ccc(Br)cc1)C(C)NC(=O)OCc1ccccc1. The van der Waals surface area contributed by atoms with E-state index in [9.17, 15) is 4.79 Å². The van der Waals surface area contributed by atoms with E-state index in [4.69, 9.17) is 9.47 Å². The number of carbonyl (C=O) groups is 1. The molecule has 0 spiro atoms. The van der Waals surface area contributed by atoms with E-state index in [2.05, 4.69) is 21.2 Å². The molecule has 122 valence electrons. The maximum atomic E-state index is 11.9. The summed E-state index contributed by atoms with van der Waals surface area (Å²) in [6.45, 7) is 2.13. The molecule has 1 N–H and O–H groups in total. The number of hydrogen-bond donors (Lipinski definition) is 1. The van der Waals surface area contributed by atoms with Crippen LogP contribution in [0.4, 0.5) is 4.79 Å². The van der Waals surface area contributed by atoms with Crippen molar-refractivity contribution in [3.8, 4) is 0 Å². The molecular weight excluding hydrogens is 358 g/mol. The van der Waals surface area contributed by atoms with Crippen LogP contribution in [0.25, 0.3) is 0 Å². The van der Waals surface area contributed by atoms with Gasteiger partial charge in [0.25, 0.3) is 0 Å². The highest BCUT2D eigenvalue weighted by Gasteiger charge is 2.21. The first-order valence-corrected chi connectivity index (χ1v) is 8.15. The van der Waals surface area contributed by atoms with E-state index in [1.54, 1.807) is 7.11 Å². The highest BCUT2D eigenvalue weighted by Crippen LogP contribution is 2.22. The van der Waals surface area contributed by atoms with Gasteiger partial charge in [0, 0.05) is 11.6 Å². The van der Waals surface area contributed by atoms with E-state index in [1.807, 2.05) is 61.5 Å². The summed E-state index contributed by atoms with van der Waals surface area (Å²) in [6.07, 6.45) is -0.701. The molecule has 0 aliphatic rings. The smallest absolute Gasteiger partial charge is 0.407 e. The Morgan fingerprint density at radius 1 is 1.13 bits per heavy atom. The van der Waals surface area contributed by atoms with Gasteiger partial charge in [0.2, 0.25) is 0 Å². The quantitative estimate of drug-likeness (QED) is 0.808. The Morgan fingerprint density at radius 2 is 1.78 bits per heavy atom. The van der Waals surface area contributed by atoms with Gasteiger partial charge in [-0.05, 0) is 30.2 Å². The lowest BCUT2D eigenvalue weighted by Gasteiger charge is -2.24. The van der Waals surface area contributed by atoms with Crippen molar-refractivity contribution >= 4 is 22.0 Å². The van der Waals surface area contributed by atoms with Crippen LogP contribution in [0.5, 0.6) is 0 Å². The average molecular weight is 378 g/mol. The van der Waals surface area contributed by atoms with Crippen LogP contribution in [0.2, 0.25) is 0 Å². The number of rotatable bonds is 6. The molecule has 0 aliphatic heterocycles. The zero-order valence-corrected chi connectivity index (χ0v) is 14.7. The normalized spacial score (nSPS) is 13.2.